The van der Waals surface area contributed by atoms with E-state index in [0.717, 1.165) is 44.6 Å². The van der Waals surface area contributed by atoms with Crippen LogP contribution in [0.3, 0.4) is 0 Å². The molecule has 3 aromatic rings. The van der Waals surface area contributed by atoms with Gasteiger partial charge in [0.15, 0.2) is 0 Å². The molecule has 1 unspecified atom stereocenters. The van der Waals surface area contributed by atoms with Crippen molar-refractivity contribution in [1.82, 2.24) is 5.32 Å². The zero-order chi connectivity index (χ0) is 26.7. The Morgan fingerprint density at radius 3 is 2.45 bits per heavy atom. The summed E-state index contributed by atoms with van der Waals surface area (Å²) in [5.74, 6) is -0.351. The third-order valence-electron chi connectivity index (χ3n) is 7.50. The highest BCUT2D eigenvalue weighted by Crippen LogP contribution is 2.30. The molecule has 2 N–H and O–H groups in total. The van der Waals surface area contributed by atoms with Gasteiger partial charge in [0.05, 0.1) is 11.7 Å². The van der Waals surface area contributed by atoms with Gasteiger partial charge in [-0.15, -0.1) is 0 Å². The van der Waals surface area contributed by atoms with Gasteiger partial charge in [0, 0.05) is 43.2 Å². The lowest BCUT2D eigenvalue weighted by Gasteiger charge is -2.32. The van der Waals surface area contributed by atoms with Crippen molar-refractivity contribution in [2.45, 2.75) is 58.1 Å². The van der Waals surface area contributed by atoms with Crippen LogP contribution in [0.4, 0.5) is 11.4 Å². The van der Waals surface area contributed by atoms with Crippen LogP contribution in [0.5, 0.6) is 0 Å². The van der Waals surface area contributed by atoms with Gasteiger partial charge in [-0.3, -0.25) is 9.59 Å². The van der Waals surface area contributed by atoms with Crippen LogP contribution in [-0.2, 0) is 23.1 Å². The predicted octanol–water partition coefficient (Wildman–Crippen LogP) is 5.71. The van der Waals surface area contributed by atoms with Crippen LogP contribution in [0.2, 0.25) is 0 Å². The molecule has 38 heavy (non-hydrogen) atoms. The molecule has 0 bridgehead atoms. The summed E-state index contributed by atoms with van der Waals surface area (Å²) in [5, 5.41) is 6.06. The summed E-state index contributed by atoms with van der Waals surface area (Å²) < 4.78 is 5.70. The number of hydrogen-bond acceptors (Lipinski definition) is 4. The van der Waals surface area contributed by atoms with Crippen LogP contribution in [0.1, 0.15) is 71.0 Å². The van der Waals surface area contributed by atoms with Crippen molar-refractivity contribution in [3.8, 4) is 0 Å². The lowest BCUT2D eigenvalue weighted by atomic mass is 9.87. The van der Waals surface area contributed by atoms with Gasteiger partial charge in [0.2, 0.25) is 0 Å². The van der Waals surface area contributed by atoms with Gasteiger partial charge < -0.3 is 20.3 Å². The second kappa shape index (κ2) is 11.0. The molecule has 0 saturated carbocycles. The minimum atomic E-state index is -0.198. The standard InChI is InChI=1S/C32H37N3O3/c1-32(2,3)25-12-10-23(11-13-25)30(36)34-26-14-15-29(35-17-16-22-7-4-5-8-24(22)21-35)28(19-26)31(37)33-20-27-9-6-18-38-27/h4-5,7-8,10-15,19,27H,6,9,16-18,20-21H2,1-3H3,(H,33,37)(H,34,36). The zero-order valence-electron chi connectivity index (χ0n) is 22.5. The Bertz CT molecular complexity index is 1300. The van der Waals surface area contributed by atoms with Crippen molar-refractivity contribution in [3.63, 3.8) is 0 Å². The molecule has 198 valence electrons. The van der Waals surface area contributed by atoms with Crippen LogP contribution < -0.4 is 15.5 Å². The molecular weight excluding hydrogens is 474 g/mol. The molecule has 5 rings (SSSR count). The molecule has 2 heterocycles. The van der Waals surface area contributed by atoms with Gasteiger partial charge in [0.25, 0.3) is 11.8 Å². The third-order valence-corrected chi connectivity index (χ3v) is 7.50. The van der Waals surface area contributed by atoms with E-state index in [9.17, 15) is 9.59 Å². The Balaban J connectivity index is 1.38. The Morgan fingerprint density at radius 1 is 0.974 bits per heavy atom. The van der Waals surface area contributed by atoms with Gasteiger partial charge >= 0.3 is 0 Å². The van der Waals surface area contributed by atoms with E-state index in [2.05, 4.69) is 60.6 Å². The molecule has 0 radical (unpaired) electrons. The quantitative estimate of drug-likeness (QED) is 0.445. The molecule has 3 aromatic carbocycles. The summed E-state index contributed by atoms with van der Waals surface area (Å²) in [6.07, 6.45) is 2.97. The monoisotopic (exact) mass is 511 g/mol. The zero-order valence-corrected chi connectivity index (χ0v) is 22.5. The smallest absolute Gasteiger partial charge is 0.255 e. The molecule has 2 aliphatic heterocycles. The van der Waals surface area contributed by atoms with E-state index >= 15 is 0 Å². The first-order valence-electron chi connectivity index (χ1n) is 13.6. The van der Waals surface area contributed by atoms with E-state index in [1.165, 1.54) is 16.7 Å². The Labute approximate surface area is 225 Å². The van der Waals surface area contributed by atoms with Gasteiger partial charge in [-0.05, 0) is 71.7 Å². The van der Waals surface area contributed by atoms with Crippen molar-refractivity contribution in [2.75, 3.05) is 29.9 Å². The maximum Gasteiger partial charge on any atom is 0.255 e. The number of benzene rings is 3. The number of fused-ring (bicyclic) bond motifs is 1. The van der Waals surface area contributed by atoms with Crippen molar-refractivity contribution in [1.29, 1.82) is 0 Å². The summed E-state index contributed by atoms with van der Waals surface area (Å²) in [6.45, 7) is 9.25. The van der Waals surface area contributed by atoms with E-state index in [-0.39, 0.29) is 23.3 Å². The topological polar surface area (TPSA) is 70.7 Å². The molecule has 0 aromatic heterocycles. The van der Waals surface area contributed by atoms with Crippen molar-refractivity contribution < 1.29 is 14.3 Å². The summed E-state index contributed by atoms with van der Waals surface area (Å²) >= 11 is 0. The fraction of sp³-hybridized carbons (Fsp3) is 0.375. The van der Waals surface area contributed by atoms with Crippen LogP contribution in [0.15, 0.2) is 66.7 Å². The predicted molar refractivity (Wildman–Crippen MR) is 152 cm³/mol. The number of nitrogens with one attached hydrogen (secondary N) is 2. The molecule has 1 saturated heterocycles. The third kappa shape index (κ3) is 5.91. The Kier molecular flexibility index (Phi) is 7.52. The second-order valence-electron chi connectivity index (χ2n) is 11.3. The number of carbonyl (C=O) groups is 2. The number of carbonyl (C=O) groups excluding carboxylic acids is 2. The molecule has 0 spiro atoms. The van der Waals surface area contributed by atoms with Crippen LogP contribution in [0, 0.1) is 0 Å². The van der Waals surface area contributed by atoms with Gasteiger partial charge in [-0.25, -0.2) is 0 Å². The average molecular weight is 512 g/mol. The van der Waals surface area contributed by atoms with Crippen LogP contribution >= 0.6 is 0 Å². The van der Waals surface area contributed by atoms with E-state index in [4.69, 9.17) is 4.74 Å². The van der Waals surface area contributed by atoms with Gasteiger partial charge in [-0.2, -0.15) is 0 Å². The first-order chi connectivity index (χ1) is 18.3. The number of ether oxygens (including phenoxy) is 1. The Hall–Kier alpha value is -3.64. The number of nitrogens with zero attached hydrogens (tertiary/aromatic N) is 1. The van der Waals surface area contributed by atoms with Gasteiger partial charge in [-0.1, -0.05) is 57.2 Å². The molecule has 1 atom stereocenters. The normalized spacial score (nSPS) is 17.1. The first-order valence-corrected chi connectivity index (χ1v) is 13.6. The highest BCUT2D eigenvalue weighted by atomic mass is 16.5. The first kappa shape index (κ1) is 26.0. The summed E-state index contributed by atoms with van der Waals surface area (Å²) in [4.78, 5) is 28.7. The molecule has 6 heteroatoms. The summed E-state index contributed by atoms with van der Waals surface area (Å²) in [6, 6.07) is 21.8. The van der Waals surface area contributed by atoms with E-state index in [1.54, 1.807) is 6.07 Å². The minimum absolute atomic E-state index is 0.0194. The maximum atomic E-state index is 13.4. The average Bonchev–Trinajstić information content (AvgIpc) is 3.45. The number of rotatable bonds is 6. The lowest BCUT2D eigenvalue weighted by molar-refractivity contribution is 0.0858. The van der Waals surface area contributed by atoms with Gasteiger partial charge in [0.1, 0.15) is 0 Å². The largest absolute Gasteiger partial charge is 0.376 e. The fourth-order valence-electron chi connectivity index (χ4n) is 5.20. The second-order valence-corrected chi connectivity index (χ2v) is 11.3. The van der Waals surface area contributed by atoms with Crippen molar-refractivity contribution in [2.24, 2.45) is 0 Å². The molecule has 1 fully saturated rings. The molecule has 2 amide bonds. The molecular formula is C32H37N3O3. The number of anilines is 2. The lowest BCUT2D eigenvalue weighted by Crippen LogP contribution is -2.35. The van der Waals surface area contributed by atoms with Crippen molar-refractivity contribution in [3.05, 3.63) is 94.5 Å². The van der Waals surface area contributed by atoms with E-state index < -0.39 is 0 Å². The summed E-state index contributed by atoms with van der Waals surface area (Å²) in [5.41, 5.74) is 6.44. The number of hydrogen-bond donors (Lipinski definition) is 2. The maximum absolute atomic E-state index is 13.4. The van der Waals surface area contributed by atoms with E-state index in [0.29, 0.717) is 23.4 Å². The minimum Gasteiger partial charge on any atom is -0.376 e. The SMILES string of the molecule is CC(C)(C)c1ccc(C(=O)Nc2ccc(N3CCc4ccccc4C3)c(C(=O)NCC3CCCO3)c2)cc1. The van der Waals surface area contributed by atoms with Crippen molar-refractivity contribution >= 4 is 23.2 Å². The number of amides is 2. The highest BCUT2D eigenvalue weighted by molar-refractivity contribution is 6.06. The molecule has 2 aliphatic rings. The van der Waals surface area contributed by atoms with E-state index in [1.807, 2.05) is 36.4 Å². The highest BCUT2D eigenvalue weighted by Gasteiger charge is 2.24. The van der Waals surface area contributed by atoms with Crippen LogP contribution in [-0.4, -0.2) is 37.6 Å². The fourth-order valence-corrected chi connectivity index (χ4v) is 5.20. The summed E-state index contributed by atoms with van der Waals surface area (Å²) in [7, 11) is 0. The molecule has 6 nitrogen and oxygen atoms in total. The van der Waals surface area contributed by atoms with Crippen LogP contribution in [0.25, 0.3) is 0 Å². The molecule has 0 aliphatic carbocycles. The Morgan fingerprint density at radius 2 is 1.74 bits per heavy atom.